The van der Waals surface area contributed by atoms with Gasteiger partial charge in [0, 0.05) is 77.1 Å². The molecule has 1 aromatic carbocycles. The predicted molar refractivity (Wildman–Crippen MR) is 132 cm³/mol. The molecule has 1 aromatic heterocycles. The summed E-state index contributed by atoms with van der Waals surface area (Å²) in [5, 5.41) is 0. The minimum Gasteiger partial charge on any atom is -0.367 e. The minimum absolute atomic E-state index is 0.00404. The average Bonchev–Trinajstić information content (AvgIpc) is 3.09. The molecule has 0 N–H and O–H groups in total. The van der Waals surface area contributed by atoms with E-state index in [0.29, 0.717) is 38.4 Å². The van der Waals surface area contributed by atoms with E-state index in [0.717, 1.165) is 55.2 Å². The molecule has 2 aliphatic heterocycles. The minimum atomic E-state index is -0.265. The molecule has 0 radical (unpaired) electrons. The molecule has 2 fully saturated rings. The van der Waals surface area contributed by atoms with Crippen LogP contribution in [0.15, 0.2) is 24.3 Å². The van der Waals surface area contributed by atoms with Crippen molar-refractivity contribution in [2.45, 2.75) is 34.2 Å². The van der Waals surface area contributed by atoms with Crippen molar-refractivity contribution in [1.29, 1.82) is 0 Å². The van der Waals surface area contributed by atoms with E-state index in [2.05, 4.69) is 35.1 Å². The molecule has 2 aliphatic rings. The highest BCUT2D eigenvalue weighted by molar-refractivity contribution is 5.97. The summed E-state index contributed by atoms with van der Waals surface area (Å²) in [6.45, 7) is 15.5. The van der Waals surface area contributed by atoms with E-state index in [1.807, 2.05) is 4.90 Å². The number of hydrogen-bond acceptors (Lipinski definition) is 4. The Balaban J connectivity index is 1.67. The summed E-state index contributed by atoms with van der Waals surface area (Å²) in [5.41, 5.74) is 4.87. The summed E-state index contributed by atoms with van der Waals surface area (Å²) in [6, 6.07) is 6.50. The number of nitrogens with zero attached hydrogens (tertiary/aromatic N) is 5. The Kier molecular flexibility index (Phi) is 7.26. The van der Waals surface area contributed by atoms with Crippen molar-refractivity contribution in [3.8, 4) is 0 Å². The van der Waals surface area contributed by atoms with Gasteiger partial charge in [-0.25, -0.2) is 4.39 Å². The first-order chi connectivity index (χ1) is 16.3. The molecule has 2 aromatic rings. The molecule has 0 aliphatic carbocycles. The van der Waals surface area contributed by atoms with Crippen LogP contribution in [-0.2, 0) is 11.3 Å². The Bertz CT molecular complexity index is 1030. The zero-order valence-corrected chi connectivity index (χ0v) is 20.8. The summed E-state index contributed by atoms with van der Waals surface area (Å²) in [5.74, 6) is -0.213. The summed E-state index contributed by atoms with van der Waals surface area (Å²) in [4.78, 5) is 34.1. The lowest BCUT2D eigenvalue weighted by molar-refractivity contribution is -0.130. The molecule has 2 saturated heterocycles. The van der Waals surface area contributed by atoms with Crippen molar-refractivity contribution in [1.82, 2.24) is 19.3 Å². The molecule has 0 unspecified atom stereocenters. The number of rotatable bonds is 5. The average molecular weight is 470 g/mol. The Hall–Kier alpha value is -2.87. The number of aromatic nitrogens is 1. The molecular formula is C26H36FN5O2. The SMILES string of the molecule is CCN1CCN(c2c(C)c(C(=O)N3CCN(C(C)=O)CC3)n(Cc3ccc(F)cc3)c2C)CC1. The molecule has 34 heavy (non-hydrogen) atoms. The molecule has 0 bridgehead atoms. The van der Waals surface area contributed by atoms with E-state index in [-0.39, 0.29) is 17.6 Å². The molecule has 0 saturated carbocycles. The summed E-state index contributed by atoms with van der Waals surface area (Å²) >= 11 is 0. The fraction of sp³-hybridized carbons (Fsp3) is 0.538. The highest BCUT2D eigenvalue weighted by Crippen LogP contribution is 2.33. The molecular weight excluding hydrogens is 433 g/mol. The van der Waals surface area contributed by atoms with Crippen LogP contribution in [0.2, 0.25) is 0 Å². The molecule has 7 nitrogen and oxygen atoms in total. The second-order valence-electron chi connectivity index (χ2n) is 9.34. The fourth-order valence-corrected chi connectivity index (χ4v) is 5.26. The van der Waals surface area contributed by atoms with Gasteiger partial charge in [0.15, 0.2) is 0 Å². The van der Waals surface area contributed by atoms with E-state index in [1.165, 1.54) is 12.1 Å². The Morgan fingerprint density at radius 3 is 2.03 bits per heavy atom. The largest absolute Gasteiger partial charge is 0.367 e. The van der Waals surface area contributed by atoms with Crippen LogP contribution in [0, 0.1) is 19.7 Å². The lowest BCUT2D eigenvalue weighted by atomic mass is 10.1. The lowest BCUT2D eigenvalue weighted by Gasteiger charge is -2.36. The van der Waals surface area contributed by atoms with Gasteiger partial charge in [0.1, 0.15) is 11.5 Å². The number of amides is 2. The van der Waals surface area contributed by atoms with Crippen molar-refractivity contribution < 1.29 is 14.0 Å². The quantitative estimate of drug-likeness (QED) is 0.676. The van der Waals surface area contributed by atoms with Crippen LogP contribution < -0.4 is 4.90 Å². The zero-order valence-electron chi connectivity index (χ0n) is 20.8. The maximum Gasteiger partial charge on any atom is 0.270 e. The van der Waals surface area contributed by atoms with Gasteiger partial charge in [-0.15, -0.1) is 0 Å². The van der Waals surface area contributed by atoms with Crippen LogP contribution in [0.4, 0.5) is 10.1 Å². The first kappa shape index (κ1) is 24.3. The standard InChI is InChI=1S/C26H36FN5O2/c1-5-28-10-12-30(13-11-28)24-19(2)25(26(34)31-16-14-29(15-17-31)21(4)33)32(20(24)3)18-22-6-8-23(27)9-7-22/h6-9H,5,10-18H2,1-4H3. The van der Waals surface area contributed by atoms with Gasteiger partial charge in [-0.2, -0.15) is 0 Å². The maximum absolute atomic E-state index is 13.8. The van der Waals surface area contributed by atoms with Crippen LogP contribution in [-0.4, -0.2) is 90.0 Å². The Labute approximate surface area is 201 Å². The van der Waals surface area contributed by atoms with Gasteiger partial charge in [0.2, 0.25) is 5.91 Å². The fourth-order valence-electron chi connectivity index (χ4n) is 5.26. The van der Waals surface area contributed by atoms with Crippen molar-refractivity contribution >= 4 is 17.5 Å². The second kappa shape index (κ2) is 10.2. The number of anilines is 1. The highest BCUT2D eigenvalue weighted by atomic mass is 19.1. The third-order valence-electron chi connectivity index (χ3n) is 7.33. The maximum atomic E-state index is 13.8. The van der Waals surface area contributed by atoms with E-state index >= 15 is 0 Å². The first-order valence-corrected chi connectivity index (χ1v) is 12.3. The van der Waals surface area contributed by atoms with Crippen molar-refractivity contribution in [3.63, 3.8) is 0 Å². The van der Waals surface area contributed by atoms with E-state index < -0.39 is 0 Å². The highest BCUT2D eigenvalue weighted by Gasteiger charge is 2.31. The van der Waals surface area contributed by atoms with Gasteiger partial charge >= 0.3 is 0 Å². The van der Waals surface area contributed by atoms with Crippen LogP contribution in [0.25, 0.3) is 0 Å². The molecule has 184 valence electrons. The monoisotopic (exact) mass is 469 g/mol. The van der Waals surface area contributed by atoms with Gasteiger partial charge in [0.25, 0.3) is 5.91 Å². The van der Waals surface area contributed by atoms with Gasteiger partial charge in [-0.1, -0.05) is 19.1 Å². The smallest absolute Gasteiger partial charge is 0.270 e. The van der Waals surface area contributed by atoms with Crippen molar-refractivity contribution in [3.05, 3.63) is 52.6 Å². The van der Waals surface area contributed by atoms with Gasteiger partial charge in [-0.3, -0.25) is 9.59 Å². The molecule has 4 rings (SSSR count). The van der Waals surface area contributed by atoms with E-state index in [1.54, 1.807) is 24.0 Å². The van der Waals surface area contributed by atoms with Crippen molar-refractivity contribution in [2.24, 2.45) is 0 Å². The third-order valence-corrected chi connectivity index (χ3v) is 7.33. The number of piperazine rings is 2. The number of carbonyl (C=O) groups excluding carboxylic acids is 2. The summed E-state index contributed by atoms with van der Waals surface area (Å²) in [6.07, 6.45) is 0. The number of benzene rings is 1. The summed E-state index contributed by atoms with van der Waals surface area (Å²) in [7, 11) is 0. The molecule has 0 spiro atoms. The van der Waals surface area contributed by atoms with Crippen LogP contribution >= 0.6 is 0 Å². The van der Waals surface area contributed by atoms with Crippen LogP contribution in [0.1, 0.15) is 41.2 Å². The molecule has 2 amide bonds. The lowest BCUT2D eigenvalue weighted by Crippen LogP contribution is -2.50. The van der Waals surface area contributed by atoms with E-state index in [4.69, 9.17) is 0 Å². The molecule has 0 atom stereocenters. The summed E-state index contributed by atoms with van der Waals surface area (Å²) < 4.78 is 15.6. The van der Waals surface area contributed by atoms with Gasteiger partial charge < -0.3 is 24.2 Å². The Morgan fingerprint density at radius 1 is 0.882 bits per heavy atom. The second-order valence-corrected chi connectivity index (χ2v) is 9.34. The van der Waals surface area contributed by atoms with Gasteiger partial charge in [0.05, 0.1) is 5.69 Å². The normalized spacial score (nSPS) is 17.4. The molecule has 8 heteroatoms. The van der Waals surface area contributed by atoms with Crippen molar-refractivity contribution in [2.75, 3.05) is 63.8 Å². The predicted octanol–water partition coefficient (Wildman–Crippen LogP) is 2.74. The van der Waals surface area contributed by atoms with Gasteiger partial charge in [-0.05, 0) is 38.1 Å². The zero-order chi connectivity index (χ0) is 24.4. The number of halogens is 1. The first-order valence-electron chi connectivity index (χ1n) is 12.3. The Morgan fingerprint density at radius 2 is 1.47 bits per heavy atom. The number of carbonyl (C=O) groups is 2. The van der Waals surface area contributed by atoms with Crippen LogP contribution in [0.3, 0.4) is 0 Å². The van der Waals surface area contributed by atoms with E-state index in [9.17, 15) is 14.0 Å². The third kappa shape index (κ3) is 4.82. The topological polar surface area (TPSA) is 52.0 Å². The van der Waals surface area contributed by atoms with Crippen LogP contribution in [0.5, 0.6) is 0 Å². The number of likely N-dealkylation sites (N-methyl/N-ethyl adjacent to an activating group) is 1. The molecule has 3 heterocycles. The number of hydrogen-bond donors (Lipinski definition) is 0.